The highest BCUT2D eigenvalue weighted by Gasteiger charge is 2.15. The number of rotatable bonds is 3. The van der Waals surface area contributed by atoms with E-state index in [1.54, 1.807) is 0 Å². The molecule has 1 fully saturated rings. The monoisotopic (exact) mass is 207 g/mol. The zero-order valence-electron chi connectivity index (χ0n) is 7.09. The van der Waals surface area contributed by atoms with Gasteiger partial charge in [-0.2, -0.15) is 11.8 Å². The number of carbonyl (C=O) groups is 1. The molecule has 0 aromatic rings. The highest BCUT2D eigenvalue weighted by molar-refractivity contribution is 7.99. The Balaban J connectivity index is 2.20. The van der Waals surface area contributed by atoms with Crippen LogP contribution in [0.2, 0.25) is 0 Å². The largest absolute Gasteiger partial charge is 0.341 e. The van der Waals surface area contributed by atoms with Crippen LogP contribution in [0.4, 0.5) is 0 Å². The third-order valence-electron chi connectivity index (χ3n) is 1.89. The molecule has 0 spiro atoms. The molecule has 70 valence electrons. The molecule has 0 aliphatic carbocycles. The van der Waals surface area contributed by atoms with Gasteiger partial charge in [0.1, 0.15) is 0 Å². The average Bonchev–Trinajstić information content (AvgIpc) is 2.15. The number of nitrogens with zero attached hydrogens (tertiary/aromatic N) is 1. The molecular weight excluding hydrogens is 194 g/mol. The highest BCUT2D eigenvalue weighted by atomic mass is 35.5. The van der Waals surface area contributed by atoms with Crippen LogP contribution in [-0.2, 0) is 4.79 Å². The third-order valence-corrected chi connectivity index (χ3v) is 3.10. The van der Waals surface area contributed by atoms with Gasteiger partial charge < -0.3 is 4.90 Å². The van der Waals surface area contributed by atoms with Crippen molar-refractivity contribution in [3.8, 4) is 0 Å². The average molecular weight is 208 g/mol. The van der Waals surface area contributed by atoms with Crippen LogP contribution in [0.3, 0.4) is 0 Å². The van der Waals surface area contributed by atoms with E-state index in [2.05, 4.69) is 0 Å². The van der Waals surface area contributed by atoms with Gasteiger partial charge in [0.2, 0.25) is 5.91 Å². The van der Waals surface area contributed by atoms with Gasteiger partial charge in [-0.1, -0.05) is 0 Å². The summed E-state index contributed by atoms with van der Waals surface area (Å²) in [5.41, 5.74) is 0. The van der Waals surface area contributed by atoms with E-state index in [1.807, 2.05) is 16.7 Å². The lowest BCUT2D eigenvalue weighted by molar-refractivity contribution is -0.130. The van der Waals surface area contributed by atoms with Crippen molar-refractivity contribution in [2.45, 2.75) is 12.8 Å². The molecule has 0 aromatic heterocycles. The number of hydrogen-bond donors (Lipinski definition) is 0. The molecule has 0 bridgehead atoms. The number of alkyl halides is 1. The molecule has 2 nitrogen and oxygen atoms in total. The maximum Gasteiger partial charge on any atom is 0.222 e. The van der Waals surface area contributed by atoms with Gasteiger partial charge in [-0.15, -0.1) is 11.6 Å². The molecule has 0 radical (unpaired) electrons. The maximum absolute atomic E-state index is 11.4. The fourth-order valence-corrected chi connectivity index (χ4v) is 2.23. The van der Waals surface area contributed by atoms with E-state index in [-0.39, 0.29) is 5.91 Å². The molecule has 1 aliphatic heterocycles. The van der Waals surface area contributed by atoms with Gasteiger partial charge in [0.05, 0.1) is 0 Å². The molecule has 0 saturated carbocycles. The van der Waals surface area contributed by atoms with E-state index < -0.39 is 0 Å². The van der Waals surface area contributed by atoms with Gasteiger partial charge >= 0.3 is 0 Å². The summed E-state index contributed by atoms with van der Waals surface area (Å²) in [5, 5.41) is 0. The lowest BCUT2D eigenvalue weighted by atomic mass is 10.3. The SMILES string of the molecule is O=C(CCCCl)N1CCSCC1. The molecule has 0 unspecified atom stereocenters. The number of amides is 1. The van der Waals surface area contributed by atoms with Crippen molar-refractivity contribution >= 4 is 29.3 Å². The van der Waals surface area contributed by atoms with Crippen LogP contribution in [0.15, 0.2) is 0 Å². The van der Waals surface area contributed by atoms with E-state index in [1.165, 1.54) is 0 Å². The number of carbonyl (C=O) groups excluding carboxylic acids is 1. The zero-order valence-corrected chi connectivity index (χ0v) is 8.66. The third kappa shape index (κ3) is 3.23. The molecule has 0 aromatic carbocycles. The Labute approximate surface area is 82.6 Å². The molecule has 1 saturated heterocycles. The summed E-state index contributed by atoms with van der Waals surface area (Å²) in [4.78, 5) is 13.4. The Morgan fingerprint density at radius 3 is 2.67 bits per heavy atom. The Bertz CT molecular complexity index is 148. The lowest BCUT2D eigenvalue weighted by Gasteiger charge is -2.26. The van der Waals surface area contributed by atoms with Crippen LogP contribution in [0.1, 0.15) is 12.8 Å². The van der Waals surface area contributed by atoms with Crippen molar-refractivity contribution in [3.63, 3.8) is 0 Å². The van der Waals surface area contributed by atoms with Crippen LogP contribution in [0, 0.1) is 0 Å². The Kier molecular flexibility index (Phi) is 4.84. The second kappa shape index (κ2) is 5.70. The number of thioether (sulfide) groups is 1. The second-order valence-corrected chi connectivity index (χ2v) is 4.39. The molecule has 4 heteroatoms. The Morgan fingerprint density at radius 2 is 2.08 bits per heavy atom. The number of halogens is 1. The number of hydrogen-bond acceptors (Lipinski definition) is 2. The van der Waals surface area contributed by atoms with Crippen molar-refractivity contribution in [1.82, 2.24) is 4.90 Å². The van der Waals surface area contributed by atoms with Crippen molar-refractivity contribution in [2.75, 3.05) is 30.5 Å². The molecule has 1 heterocycles. The molecule has 0 N–H and O–H groups in total. The first-order valence-corrected chi connectivity index (χ1v) is 5.95. The molecule has 1 amide bonds. The molecule has 0 atom stereocenters. The normalized spacial score (nSPS) is 17.9. The van der Waals surface area contributed by atoms with Gasteiger partial charge in [0.15, 0.2) is 0 Å². The second-order valence-electron chi connectivity index (χ2n) is 2.79. The predicted octanol–water partition coefficient (Wildman–Crippen LogP) is 1.58. The summed E-state index contributed by atoms with van der Waals surface area (Å²) in [6.07, 6.45) is 1.43. The summed E-state index contributed by atoms with van der Waals surface area (Å²) < 4.78 is 0. The quantitative estimate of drug-likeness (QED) is 0.655. The topological polar surface area (TPSA) is 20.3 Å². The van der Waals surface area contributed by atoms with Crippen LogP contribution >= 0.6 is 23.4 Å². The van der Waals surface area contributed by atoms with Crippen molar-refractivity contribution in [2.24, 2.45) is 0 Å². The van der Waals surface area contributed by atoms with Crippen molar-refractivity contribution < 1.29 is 4.79 Å². The standard InChI is InChI=1S/C8H14ClNOS/c9-3-1-2-8(11)10-4-6-12-7-5-10/h1-7H2. The summed E-state index contributed by atoms with van der Waals surface area (Å²) in [6.45, 7) is 1.84. The smallest absolute Gasteiger partial charge is 0.222 e. The first-order valence-electron chi connectivity index (χ1n) is 4.26. The predicted molar refractivity (Wildman–Crippen MR) is 53.9 cm³/mol. The zero-order chi connectivity index (χ0) is 8.81. The minimum absolute atomic E-state index is 0.274. The summed E-state index contributed by atoms with van der Waals surface area (Å²) in [5.74, 6) is 3.05. The van der Waals surface area contributed by atoms with E-state index in [0.717, 1.165) is 31.0 Å². The van der Waals surface area contributed by atoms with Gasteiger partial charge in [-0.3, -0.25) is 4.79 Å². The van der Waals surface area contributed by atoms with Crippen LogP contribution in [0.5, 0.6) is 0 Å². The van der Waals surface area contributed by atoms with E-state index in [9.17, 15) is 4.79 Å². The summed E-state index contributed by atoms with van der Waals surface area (Å²) in [6, 6.07) is 0. The molecule has 1 aliphatic rings. The Morgan fingerprint density at radius 1 is 1.42 bits per heavy atom. The fraction of sp³-hybridized carbons (Fsp3) is 0.875. The van der Waals surface area contributed by atoms with E-state index >= 15 is 0 Å². The molecule has 1 rings (SSSR count). The van der Waals surface area contributed by atoms with Crippen molar-refractivity contribution in [1.29, 1.82) is 0 Å². The van der Waals surface area contributed by atoms with Crippen LogP contribution in [-0.4, -0.2) is 41.3 Å². The minimum Gasteiger partial charge on any atom is -0.341 e. The van der Waals surface area contributed by atoms with Crippen LogP contribution < -0.4 is 0 Å². The minimum atomic E-state index is 0.274. The van der Waals surface area contributed by atoms with E-state index in [0.29, 0.717) is 12.3 Å². The summed E-state index contributed by atoms with van der Waals surface area (Å²) in [7, 11) is 0. The Hall–Kier alpha value is 0.110. The highest BCUT2D eigenvalue weighted by Crippen LogP contribution is 2.10. The van der Waals surface area contributed by atoms with Crippen LogP contribution in [0.25, 0.3) is 0 Å². The summed E-state index contributed by atoms with van der Waals surface area (Å²) >= 11 is 7.43. The molecule has 12 heavy (non-hydrogen) atoms. The van der Waals surface area contributed by atoms with Crippen molar-refractivity contribution in [3.05, 3.63) is 0 Å². The van der Waals surface area contributed by atoms with Gasteiger partial charge in [0, 0.05) is 36.9 Å². The van der Waals surface area contributed by atoms with Gasteiger partial charge in [0.25, 0.3) is 0 Å². The molecular formula is C8H14ClNOS. The lowest BCUT2D eigenvalue weighted by Crippen LogP contribution is -2.37. The first kappa shape index (κ1) is 10.2. The van der Waals surface area contributed by atoms with Gasteiger partial charge in [-0.25, -0.2) is 0 Å². The van der Waals surface area contributed by atoms with Gasteiger partial charge in [-0.05, 0) is 6.42 Å². The maximum atomic E-state index is 11.4. The first-order chi connectivity index (χ1) is 5.84. The van der Waals surface area contributed by atoms with E-state index in [4.69, 9.17) is 11.6 Å². The fourth-order valence-electron chi connectivity index (χ4n) is 1.19.